The van der Waals surface area contributed by atoms with Crippen LogP contribution in [0.25, 0.3) is 0 Å². The number of hydrogen-bond acceptors (Lipinski definition) is 6. The first kappa shape index (κ1) is 21.0. The summed E-state index contributed by atoms with van der Waals surface area (Å²) in [6.07, 6.45) is 10.1. The number of aliphatic hydroxyl groups is 3. The van der Waals surface area contributed by atoms with Crippen LogP contribution in [0.5, 0.6) is 0 Å². The molecule has 0 amide bonds. The molecule has 2 heterocycles. The minimum absolute atomic E-state index is 0.00693. The van der Waals surface area contributed by atoms with Crippen molar-refractivity contribution in [2.24, 2.45) is 17.8 Å². The lowest BCUT2D eigenvalue weighted by Crippen LogP contribution is -2.58. The Kier molecular flexibility index (Phi) is 6.93. The average molecular weight is 457 g/mol. The number of halogens is 1. The van der Waals surface area contributed by atoms with Crippen molar-refractivity contribution in [3.63, 3.8) is 0 Å². The van der Waals surface area contributed by atoms with Crippen molar-refractivity contribution in [1.29, 1.82) is 0 Å². The van der Waals surface area contributed by atoms with Crippen LogP contribution in [0, 0.1) is 17.8 Å². The molecule has 0 radical (unpaired) electrons. The van der Waals surface area contributed by atoms with Crippen molar-refractivity contribution in [2.45, 2.75) is 69.4 Å². The summed E-state index contributed by atoms with van der Waals surface area (Å²) in [4.78, 5) is 2.02. The predicted molar refractivity (Wildman–Crippen MR) is 111 cm³/mol. The number of fused-ring (bicyclic) bond motifs is 1. The van der Waals surface area contributed by atoms with E-state index in [1.54, 1.807) is 0 Å². The van der Waals surface area contributed by atoms with Gasteiger partial charge >= 0.3 is 0 Å². The second kappa shape index (κ2) is 9.25. The lowest BCUT2D eigenvalue weighted by atomic mass is 9.83. The van der Waals surface area contributed by atoms with Gasteiger partial charge in [0.05, 0.1) is 18.8 Å². The quantitative estimate of drug-likeness (QED) is 0.372. The number of nitrogens with zero attached hydrogens (tertiary/aromatic N) is 1. The Labute approximate surface area is 175 Å². The van der Waals surface area contributed by atoms with Gasteiger partial charge < -0.3 is 20.1 Å². The number of allylic oxidation sites excluding steroid dienone is 2. The summed E-state index contributed by atoms with van der Waals surface area (Å²) in [5, 5.41) is 34.8. The van der Waals surface area contributed by atoms with Crippen molar-refractivity contribution < 1.29 is 20.1 Å². The molecule has 0 aromatic rings. The topological polar surface area (TPSA) is 85.2 Å². The van der Waals surface area contributed by atoms with Gasteiger partial charge in [-0.2, -0.15) is 0 Å². The van der Waals surface area contributed by atoms with Crippen LogP contribution in [0.15, 0.2) is 23.8 Å². The summed E-state index contributed by atoms with van der Waals surface area (Å²) in [5.41, 5.74) is 1.39. The number of rotatable bonds is 5. The van der Waals surface area contributed by atoms with Gasteiger partial charge in [0.15, 0.2) is 0 Å². The maximum absolute atomic E-state index is 10.9. The Morgan fingerprint density at radius 3 is 2.71 bits per heavy atom. The zero-order chi connectivity index (χ0) is 19.7. The van der Waals surface area contributed by atoms with Crippen LogP contribution in [0.1, 0.15) is 38.5 Å². The highest BCUT2D eigenvalue weighted by Crippen LogP contribution is 2.40. The maximum Gasteiger partial charge on any atom is 0.122 e. The van der Waals surface area contributed by atoms with Gasteiger partial charge in [0.25, 0.3) is 0 Å². The molecule has 7 heteroatoms. The van der Waals surface area contributed by atoms with E-state index >= 15 is 0 Å². The van der Waals surface area contributed by atoms with Gasteiger partial charge in [0.1, 0.15) is 18.7 Å². The van der Waals surface area contributed by atoms with E-state index in [1.807, 2.05) is 4.90 Å². The zero-order valence-electron chi connectivity index (χ0n) is 16.3. The fourth-order valence-electron chi connectivity index (χ4n) is 5.26. The molecule has 28 heavy (non-hydrogen) atoms. The third kappa shape index (κ3) is 4.41. The Bertz CT molecular complexity index is 601. The minimum atomic E-state index is -0.819. The standard InChI is InChI=1S/C21H33BrN2O4/c22-10-13-4-6-14(7-5-13)12-28-18-3-1-2-15-16(18)11-24(21(15)27)17-8-9-19(25)23-20(17)26/h1,3,6,13,15-21,23,25-27H,2,4-5,7-12H2/t13?,15?,16?,17?,18?,19?,20-,21-/m1/s1. The molecular formula is C21H33BrN2O4. The van der Waals surface area contributed by atoms with Gasteiger partial charge in [0, 0.05) is 23.7 Å². The first-order valence-corrected chi connectivity index (χ1v) is 11.8. The van der Waals surface area contributed by atoms with E-state index in [2.05, 4.69) is 39.5 Å². The molecule has 4 rings (SSSR count). The number of hydrogen-bond donors (Lipinski definition) is 4. The first-order valence-electron chi connectivity index (χ1n) is 10.6. The van der Waals surface area contributed by atoms with Crippen LogP contribution in [-0.2, 0) is 4.74 Å². The molecule has 2 fully saturated rings. The van der Waals surface area contributed by atoms with Gasteiger partial charge in [-0.05, 0) is 50.0 Å². The van der Waals surface area contributed by atoms with E-state index in [9.17, 15) is 15.3 Å². The third-order valence-electron chi connectivity index (χ3n) is 7.03. The molecule has 0 saturated carbocycles. The molecule has 158 valence electrons. The number of nitrogens with one attached hydrogen (secondary N) is 1. The van der Waals surface area contributed by atoms with Crippen LogP contribution >= 0.6 is 15.9 Å². The highest BCUT2D eigenvalue weighted by molar-refractivity contribution is 9.09. The molecule has 0 spiro atoms. The van der Waals surface area contributed by atoms with Gasteiger partial charge in [-0.1, -0.05) is 34.2 Å². The minimum Gasteiger partial charge on any atom is -0.379 e. The molecule has 6 unspecified atom stereocenters. The first-order chi connectivity index (χ1) is 13.6. The molecule has 4 aliphatic rings. The Hall–Kier alpha value is -0.280. The molecule has 0 bridgehead atoms. The van der Waals surface area contributed by atoms with Crippen LogP contribution < -0.4 is 5.32 Å². The van der Waals surface area contributed by atoms with Crippen molar-refractivity contribution in [3.05, 3.63) is 23.8 Å². The van der Waals surface area contributed by atoms with Crippen molar-refractivity contribution in [1.82, 2.24) is 10.2 Å². The Balaban J connectivity index is 1.37. The van der Waals surface area contributed by atoms with Crippen molar-refractivity contribution in [2.75, 3.05) is 18.5 Å². The monoisotopic (exact) mass is 456 g/mol. The van der Waals surface area contributed by atoms with Crippen molar-refractivity contribution in [3.8, 4) is 0 Å². The molecule has 4 N–H and O–H groups in total. The zero-order valence-corrected chi connectivity index (χ0v) is 17.9. The predicted octanol–water partition coefficient (Wildman–Crippen LogP) is 1.71. The molecule has 0 aromatic heterocycles. The second-order valence-electron chi connectivity index (χ2n) is 8.81. The normalized spacial score (nSPS) is 44.4. The second-order valence-corrected chi connectivity index (χ2v) is 9.45. The summed E-state index contributed by atoms with van der Waals surface area (Å²) in [6.45, 7) is 1.38. The SMILES string of the molecule is OC1CCC(N2CC3C(OCC4=CCC(CBr)CC4)C=CCC3[C@H]2O)[C@@H](O)N1. The van der Waals surface area contributed by atoms with Gasteiger partial charge in [-0.25, -0.2) is 0 Å². The number of alkyl halides is 1. The lowest BCUT2D eigenvalue weighted by Gasteiger charge is -2.39. The molecular weight excluding hydrogens is 424 g/mol. The third-order valence-corrected chi connectivity index (χ3v) is 7.95. The summed E-state index contributed by atoms with van der Waals surface area (Å²) < 4.78 is 6.31. The van der Waals surface area contributed by atoms with E-state index in [0.717, 1.165) is 30.5 Å². The van der Waals surface area contributed by atoms with Crippen molar-refractivity contribution >= 4 is 15.9 Å². The van der Waals surface area contributed by atoms with E-state index < -0.39 is 18.7 Å². The van der Waals surface area contributed by atoms with Gasteiger partial charge in [-0.15, -0.1) is 0 Å². The highest BCUT2D eigenvalue weighted by atomic mass is 79.9. The molecule has 8 atom stereocenters. The van der Waals surface area contributed by atoms with Crippen LogP contribution in [-0.4, -0.2) is 69.5 Å². The van der Waals surface area contributed by atoms with E-state index in [0.29, 0.717) is 26.0 Å². The number of ether oxygens (including phenoxy) is 1. The van der Waals surface area contributed by atoms with Gasteiger partial charge in [0.2, 0.25) is 0 Å². The highest BCUT2D eigenvalue weighted by Gasteiger charge is 2.49. The Morgan fingerprint density at radius 1 is 1.14 bits per heavy atom. The number of likely N-dealkylation sites (tertiary alicyclic amines) is 1. The fourth-order valence-corrected chi connectivity index (χ4v) is 5.85. The number of piperidine rings is 1. The van der Waals surface area contributed by atoms with E-state index in [-0.39, 0.29) is 24.0 Å². The summed E-state index contributed by atoms with van der Waals surface area (Å²) in [5.74, 6) is 1.11. The van der Waals surface area contributed by atoms with Gasteiger partial charge in [-0.3, -0.25) is 10.2 Å². The average Bonchev–Trinajstić information content (AvgIpc) is 3.04. The fraction of sp³-hybridized carbons (Fsp3) is 0.810. The van der Waals surface area contributed by atoms with Crippen LogP contribution in [0.4, 0.5) is 0 Å². The largest absolute Gasteiger partial charge is 0.379 e. The van der Waals surface area contributed by atoms with E-state index in [1.165, 1.54) is 12.0 Å². The molecule has 2 aliphatic carbocycles. The smallest absolute Gasteiger partial charge is 0.122 e. The summed E-state index contributed by atoms with van der Waals surface area (Å²) in [7, 11) is 0. The van der Waals surface area contributed by atoms with Crippen LogP contribution in [0.2, 0.25) is 0 Å². The molecule has 2 aliphatic heterocycles. The summed E-state index contributed by atoms with van der Waals surface area (Å²) >= 11 is 3.58. The van der Waals surface area contributed by atoms with E-state index in [4.69, 9.17) is 4.74 Å². The molecule has 6 nitrogen and oxygen atoms in total. The Morgan fingerprint density at radius 2 is 2.00 bits per heavy atom. The molecule has 0 aromatic carbocycles. The lowest BCUT2D eigenvalue weighted by molar-refractivity contribution is -0.0986. The maximum atomic E-state index is 10.9. The van der Waals surface area contributed by atoms with Crippen LogP contribution in [0.3, 0.4) is 0 Å². The number of aliphatic hydroxyl groups excluding tert-OH is 3. The summed E-state index contributed by atoms with van der Waals surface area (Å²) in [6, 6.07) is -0.174. The molecule has 2 saturated heterocycles.